The molecule has 0 spiro atoms. The molecule has 1 saturated heterocycles. The minimum Gasteiger partial charge on any atom is -0.316 e. The standard InChI is InChI=1S/C13H16ClN5/c14-12-5-1-3-10(7-12)13(19-17-9-16-18-19)11-4-2-6-15-8-11/h1,3,5,7,9,11,13,15H,2,4,6,8H2/t11?,13-/m1/s1. The van der Waals surface area contributed by atoms with Crippen LogP contribution in [0.1, 0.15) is 24.4 Å². The minimum atomic E-state index is 0.0917. The molecule has 1 aliphatic heterocycles. The summed E-state index contributed by atoms with van der Waals surface area (Å²) in [5.74, 6) is 0.460. The first-order valence-corrected chi connectivity index (χ1v) is 6.91. The number of hydrogen-bond acceptors (Lipinski definition) is 4. The van der Waals surface area contributed by atoms with Gasteiger partial charge in [-0.1, -0.05) is 23.7 Å². The van der Waals surface area contributed by atoms with Crippen LogP contribution in [0.5, 0.6) is 0 Å². The molecule has 0 amide bonds. The monoisotopic (exact) mass is 277 g/mol. The van der Waals surface area contributed by atoms with Gasteiger partial charge in [0.15, 0.2) is 6.33 Å². The number of piperidine rings is 1. The van der Waals surface area contributed by atoms with E-state index in [1.54, 1.807) is 4.80 Å². The zero-order chi connectivity index (χ0) is 13.1. The maximum atomic E-state index is 6.11. The van der Waals surface area contributed by atoms with Crippen molar-refractivity contribution in [3.05, 3.63) is 41.2 Å². The van der Waals surface area contributed by atoms with Gasteiger partial charge < -0.3 is 5.32 Å². The summed E-state index contributed by atoms with van der Waals surface area (Å²) >= 11 is 6.11. The summed E-state index contributed by atoms with van der Waals surface area (Å²) in [6.07, 6.45) is 3.82. The van der Waals surface area contributed by atoms with E-state index in [-0.39, 0.29) is 6.04 Å². The molecule has 2 aromatic rings. The molecule has 3 rings (SSSR count). The van der Waals surface area contributed by atoms with Crippen LogP contribution in [0.25, 0.3) is 0 Å². The topological polar surface area (TPSA) is 55.6 Å². The molecule has 1 aliphatic rings. The Morgan fingerprint density at radius 3 is 3.05 bits per heavy atom. The lowest BCUT2D eigenvalue weighted by Crippen LogP contribution is -2.36. The van der Waals surface area contributed by atoms with Crippen LogP contribution >= 0.6 is 11.6 Å². The van der Waals surface area contributed by atoms with Crippen molar-refractivity contribution in [3.63, 3.8) is 0 Å². The molecule has 0 saturated carbocycles. The molecule has 0 bridgehead atoms. The Hall–Kier alpha value is -1.46. The minimum absolute atomic E-state index is 0.0917. The van der Waals surface area contributed by atoms with Crippen molar-refractivity contribution in [2.45, 2.75) is 18.9 Å². The highest BCUT2D eigenvalue weighted by Crippen LogP contribution is 2.30. The molecule has 1 aromatic carbocycles. The van der Waals surface area contributed by atoms with Crippen molar-refractivity contribution in [1.82, 2.24) is 25.5 Å². The maximum Gasteiger partial charge on any atom is 0.162 e. The smallest absolute Gasteiger partial charge is 0.162 e. The van der Waals surface area contributed by atoms with Gasteiger partial charge in [-0.05, 0) is 48.2 Å². The van der Waals surface area contributed by atoms with Gasteiger partial charge in [0.25, 0.3) is 0 Å². The Morgan fingerprint density at radius 1 is 1.42 bits per heavy atom. The third kappa shape index (κ3) is 2.77. The molecule has 2 heterocycles. The molecule has 0 aliphatic carbocycles. The third-order valence-electron chi connectivity index (χ3n) is 3.59. The van der Waals surface area contributed by atoms with Crippen LogP contribution in [-0.2, 0) is 0 Å². The van der Waals surface area contributed by atoms with E-state index < -0.39 is 0 Å². The molecular formula is C13H16ClN5. The van der Waals surface area contributed by atoms with Crippen LogP contribution in [0, 0.1) is 5.92 Å². The second-order valence-corrected chi connectivity index (χ2v) is 5.30. The van der Waals surface area contributed by atoms with Crippen LogP contribution in [0.4, 0.5) is 0 Å². The zero-order valence-electron chi connectivity index (χ0n) is 10.5. The van der Waals surface area contributed by atoms with Gasteiger partial charge in [-0.3, -0.25) is 0 Å². The van der Waals surface area contributed by atoms with E-state index in [0.29, 0.717) is 5.92 Å². The largest absolute Gasteiger partial charge is 0.316 e. The van der Waals surface area contributed by atoms with Crippen molar-refractivity contribution >= 4 is 11.6 Å². The predicted molar refractivity (Wildman–Crippen MR) is 73.0 cm³/mol. The normalized spacial score (nSPS) is 21.2. The second-order valence-electron chi connectivity index (χ2n) is 4.86. The van der Waals surface area contributed by atoms with E-state index in [9.17, 15) is 0 Å². The number of nitrogens with zero attached hydrogens (tertiary/aromatic N) is 4. The molecule has 1 fully saturated rings. The molecule has 1 aromatic heterocycles. The number of nitrogens with one attached hydrogen (secondary N) is 1. The molecular weight excluding hydrogens is 262 g/mol. The van der Waals surface area contributed by atoms with Crippen LogP contribution in [0.3, 0.4) is 0 Å². The molecule has 6 heteroatoms. The zero-order valence-corrected chi connectivity index (χ0v) is 11.3. The fourth-order valence-corrected chi connectivity index (χ4v) is 2.93. The number of benzene rings is 1. The average molecular weight is 278 g/mol. The SMILES string of the molecule is Clc1cccc([C@H](C2CCCNC2)n2ncnn2)c1. The first-order valence-electron chi connectivity index (χ1n) is 6.53. The fraction of sp³-hybridized carbons (Fsp3) is 0.462. The highest BCUT2D eigenvalue weighted by atomic mass is 35.5. The molecule has 100 valence electrons. The lowest BCUT2D eigenvalue weighted by molar-refractivity contribution is 0.261. The van der Waals surface area contributed by atoms with Gasteiger partial charge in [-0.15, -0.1) is 10.2 Å². The van der Waals surface area contributed by atoms with E-state index in [4.69, 9.17) is 11.6 Å². The van der Waals surface area contributed by atoms with Crippen molar-refractivity contribution in [1.29, 1.82) is 0 Å². The van der Waals surface area contributed by atoms with Crippen LogP contribution < -0.4 is 5.32 Å². The highest BCUT2D eigenvalue weighted by Gasteiger charge is 2.28. The van der Waals surface area contributed by atoms with Gasteiger partial charge in [0.2, 0.25) is 0 Å². The van der Waals surface area contributed by atoms with E-state index in [1.165, 1.54) is 12.7 Å². The van der Waals surface area contributed by atoms with Crippen molar-refractivity contribution in [3.8, 4) is 0 Å². The van der Waals surface area contributed by atoms with Gasteiger partial charge >= 0.3 is 0 Å². The summed E-state index contributed by atoms with van der Waals surface area (Å²) in [6.45, 7) is 2.06. The number of halogens is 1. The van der Waals surface area contributed by atoms with Gasteiger partial charge in [0.05, 0.1) is 0 Å². The van der Waals surface area contributed by atoms with Crippen LogP contribution in [-0.4, -0.2) is 33.3 Å². The van der Waals surface area contributed by atoms with Crippen molar-refractivity contribution in [2.75, 3.05) is 13.1 Å². The number of rotatable bonds is 3. The molecule has 19 heavy (non-hydrogen) atoms. The van der Waals surface area contributed by atoms with Gasteiger partial charge in [0, 0.05) is 11.6 Å². The third-order valence-corrected chi connectivity index (χ3v) is 3.82. The first kappa shape index (κ1) is 12.6. The summed E-state index contributed by atoms with van der Waals surface area (Å²) in [7, 11) is 0. The van der Waals surface area contributed by atoms with Gasteiger partial charge in [0.1, 0.15) is 6.04 Å². The summed E-state index contributed by atoms with van der Waals surface area (Å²) in [5, 5.41) is 16.3. The lowest BCUT2D eigenvalue weighted by atomic mass is 9.87. The Bertz CT molecular complexity index is 522. The molecule has 1 unspecified atom stereocenters. The molecule has 1 N–H and O–H groups in total. The Kier molecular flexibility index (Phi) is 3.75. The Balaban J connectivity index is 1.96. The number of hydrogen-bond donors (Lipinski definition) is 1. The van der Waals surface area contributed by atoms with E-state index in [1.807, 2.05) is 18.2 Å². The predicted octanol–water partition coefficient (Wildman–Crippen LogP) is 1.92. The van der Waals surface area contributed by atoms with Crippen molar-refractivity contribution in [2.24, 2.45) is 5.92 Å². The lowest BCUT2D eigenvalue weighted by Gasteiger charge is -2.30. The fourth-order valence-electron chi connectivity index (χ4n) is 2.74. The van der Waals surface area contributed by atoms with Crippen LogP contribution in [0.2, 0.25) is 5.02 Å². The van der Waals surface area contributed by atoms with Crippen molar-refractivity contribution < 1.29 is 0 Å². The Labute approximate surface area is 117 Å². The molecule has 0 radical (unpaired) electrons. The Morgan fingerprint density at radius 2 is 2.37 bits per heavy atom. The second kappa shape index (κ2) is 5.67. The average Bonchev–Trinajstić information content (AvgIpc) is 2.94. The van der Waals surface area contributed by atoms with Gasteiger partial charge in [-0.25, -0.2) is 0 Å². The summed E-state index contributed by atoms with van der Waals surface area (Å²) in [4.78, 5) is 1.70. The number of tetrazole rings is 1. The highest BCUT2D eigenvalue weighted by molar-refractivity contribution is 6.30. The van der Waals surface area contributed by atoms with E-state index in [2.05, 4.69) is 26.8 Å². The number of aromatic nitrogens is 4. The molecule has 5 nitrogen and oxygen atoms in total. The maximum absolute atomic E-state index is 6.11. The van der Waals surface area contributed by atoms with Gasteiger partial charge in [-0.2, -0.15) is 4.80 Å². The first-order chi connectivity index (χ1) is 9.34. The quantitative estimate of drug-likeness (QED) is 0.931. The van der Waals surface area contributed by atoms with Crippen LogP contribution in [0.15, 0.2) is 30.6 Å². The summed E-state index contributed by atoms with van der Waals surface area (Å²) < 4.78 is 0. The summed E-state index contributed by atoms with van der Waals surface area (Å²) in [6, 6.07) is 8.01. The van der Waals surface area contributed by atoms with E-state index >= 15 is 0 Å². The molecule has 2 atom stereocenters. The summed E-state index contributed by atoms with van der Waals surface area (Å²) in [5.41, 5.74) is 1.14. The van der Waals surface area contributed by atoms with E-state index in [0.717, 1.165) is 30.1 Å².